The van der Waals surface area contributed by atoms with Gasteiger partial charge in [0, 0.05) is 23.4 Å². The molecule has 9 nitrogen and oxygen atoms in total. The van der Waals surface area contributed by atoms with Crippen molar-refractivity contribution in [2.75, 3.05) is 5.32 Å². The number of nitrogens with zero attached hydrogens (tertiary/aromatic N) is 2. The fraction of sp³-hybridized carbons (Fsp3) is 0.682. The molecule has 3 unspecified atom stereocenters. The highest BCUT2D eigenvalue weighted by molar-refractivity contribution is 6.09. The summed E-state index contributed by atoms with van der Waals surface area (Å²) in [5, 5.41) is 13.6. The minimum atomic E-state index is -1.18. The number of esters is 1. The van der Waals surface area contributed by atoms with Crippen LogP contribution in [0.4, 0.5) is 5.95 Å². The van der Waals surface area contributed by atoms with Crippen LogP contribution in [0.5, 0.6) is 0 Å². The van der Waals surface area contributed by atoms with Crippen LogP contribution in [-0.4, -0.2) is 44.8 Å². The van der Waals surface area contributed by atoms with Crippen molar-refractivity contribution < 1.29 is 29.0 Å². The van der Waals surface area contributed by atoms with Gasteiger partial charge in [0.25, 0.3) is 0 Å². The number of ether oxygens (including phenoxy) is 1. The molecular weight excluding hydrogens is 666 g/mol. The Kier molecular flexibility index (Phi) is 8.86. The van der Waals surface area contributed by atoms with Gasteiger partial charge in [-0.2, -0.15) is 0 Å². The highest BCUT2D eigenvalue weighted by Crippen LogP contribution is 2.76. The number of carboxylic acid groups (broad SMARTS) is 1. The molecule has 1 aromatic heterocycles. The number of Topliss-reactive ketones (excluding diaryl/α,β-unsaturated/α-hetero) is 1. The molecule has 4 saturated carbocycles. The fourth-order valence-corrected chi connectivity index (χ4v) is 13.0. The number of hydrogen-bond donors (Lipinski definition) is 2. The SMILES string of the molecule is CC(C)C1=C2C3CCC4[C@@]5(C)CC[C@H](OC(=O)CC(C)(C)C(=O)O)C(C)(C)C5CC[C@@]4(C)[C@]3(C)CC[C@@]2(C(=O)Nc2ncc3ccccc3n2)CC1=O. The van der Waals surface area contributed by atoms with Crippen molar-refractivity contribution in [3.05, 3.63) is 41.6 Å². The van der Waals surface area contributed by atoms with Gasteiger partial charge in [0.1, 0.15) is 6.10 Å². The van der Waals surface area contributed by atoms with Crippen molar-refractivity contribution >= 4 is 40.5 Å². The van der Waals surface area contributed by atoms with Crippen LogP contribution in [0, 0.1) is 56.2 Å². The number of hydrogen-bond acceptors (Lipinski definition) is 7. The number of carbonyl (C=O) groups is 4. The Balaban J connectivity index is 1.18. The normalized spacial score (nSPS) is 36.3. The maximum atomic E-state index is 14.6. The summed E-state index contributed by atoms with van der Waals surface area (Å²) < 4.78 is 6.16. The number of fused-ring (bicyclic) bond motifs is 8. The van der Waals surface area contributed by atoms with E-state index in [-0.39, 0.29) is 70.1 Å². The average molecular weight is 726 g/mol. The number of nitrogens with one attached hydrogen (secondary N) is 1. The second kappa shape index (κ2) is 12.5. The molecule has 8 atom stereocenters. The molecule has 2 aromatic rings. The van der Waals surface area contributed by atoms with E-state index < -0.39 is 22.8 Å². The van der Waals surface area contributed by atoms with Crippen molar-refractivity contribution in [3.8, 4) is 0 Å². The van der Waals surface area contributed by atoms with Gasteiger partial charge < -0.3 is 9.84 Å². The van der Waals surface area contributed by atoms with Gasteiger partial charge in [-0.05, 0) is 122 Å². The molecule has 2 N–H and O–H groups in total. The Morgan fingerprint density at radius 1 is 0.943 bits per heavy atom. The zero-order chi connectivity index (χ0) is 38.5. The Bertz CT molecular complexity index is 1910. The minimum absolute atomic E-state index is 0.0168. The van der Waals surface area contributed by atoms with Crippen LogP contribution in [-0.2, 0) is 23.9 Å². The zero-order valence-electron chi connectivity index (χ0n) is 33.2. The Hall–Kier alpha value is -3.62. The summed E-state index contributed by atoms with van der Waals surface area (Å²) in [7, 11) is 0. The van der Waals surface area contributed by atoms with Gasteiger partial charge in [0.2, 0.25) is 11.9 Å². The molecule has 5 aliphatic rings. The van der Waals surface area contributed by atoms with Crippen molar-refractivity contribution in [1.82, 2.24) is 9.97 Å². The highest BCUT2D eigenvalue weighted by Gasteiger charge is 2.71. The summed E-state index contributed by atoms with van der Waals surface area (Å²) in [6, 6.07) is 7.72. The molecule has 0 radical (unpaired) electrons. The van der Waals surface area contributed by atoms with Gasteiger partial charge in [-0.25, -0.2) is 9.97 Å². The number of aromatic nitrogens is 2. The van der Waals surface area contributed by atoms with E-state index in [1.807, 2.05) is 24.3 Å². The molecule has 53 heavy (non-hydrogen) atoms. The van der Waals surface area contributed by atoms with Gasteiger partial charge >= 0.3 is 11.9 Å². The number of benzene rings is 1. The quantitative estimate of drug-likeness (QED) is 0.270. The molecular formula is C44H59N3O6. The van der Waals surface area contributed by atoms with Crippen LogP contribution in [0.1, 0.15) is 127 Å². The van der Waals surface area contributed by atoms with Crippen LogP contribution in [0.3, 0.4) is 0 Å². The molecule has 0 aliphatic heterocycles. The van der Waals surface area contributed by atoms with Gasteiger partial charge in [-0.15, -0.1) is 0 Å². The third-order valence-electron chi connectivity index (χ3n) is 16.0. The molecule has 4 fully saturated rings. The smallest absolute Gasteiger partial charge is 0.309 e. The highest BCUT2D eigenvalue weighted by atomic mass is 16.5. The first-order valence-electron chi connectivity index (χ1n) is 20.0. The molecule has 5 aliphatic carbocycles. The lowest BCUT2D eigenvalue weighted by molar-refractivity contribution is -0.233. The molecule has 0 bridgehead atoms. The van der Waals surface area contributed by atoms with E-state index in [9.17, 15) is 24.3 Å². The topological polar surface area (TPSA) is 136 Å². The molecule has 7 rings (SSSR count). The van der Waals surface area contributed by atoms with Gasteiger partial charge in [0.15, 0.2) is 5.78 Å². The third kappa shape index (κ3) is 5.51. The molecule has 9 heteroatoms. The lowest BCUT2D eigenvalue weighted by Gasteiger charge is -2.72. The van der Waals surface area contributed by atoms with Crippen LogP contribution >= 0.6 is 0 Å². The maximum Gasteiger partial charge on any atom is 0.309 e. The van der Waals surface area contributed by atoms with Crippen molar-refractivity contribution in [3.63, 3.8) is 0 Å². The van der Waals surface area contributed by atoms with E-state index in [1.165, 1.54) is 0 Å². The van der Waals surface area contributed by atoms with E-state index in [1.54, 1.807) is 20.0 Å². The Morgan fingerprint density at radius 3 is 2.36 bits per heavy atom. The van der Waals surface area contributed by atoms with Crippen molar-refractivity contribution in [1.29, 1.82) is 0 Å². The van der Waals surface area contributed by atoms with E-state index in [0.29, 0.717) is 18.3 Å². The number of carboxylic acids is 1. The van der Waals surface area contributed by atoms with E-state index >= 15 is 0 Å². The predicted octanol–water partition coefficient (Wildman–Crippen LogP) is 8.96. The predicted molar refractivity (Wildman–Crippen MR) is 204 cm³/mol. The summed E-state index contributed by atoms with van der Waals surface area (Å²) in [4.78, 5) is 62.7. The monoisotopic (exact) mass is 725 g/mol. The van der Waals surface area contributed by atoms with E-state index in [4.69, 9.17) is 4.74 Å². The second-order valence-corrected chi connectivity index (χ2v) is 19.7. The molecule has 286 valence electrons. The molecule has 1 amide bonds. The molecule has 0 saturated heterocycles. The zero-order valence-corrected chi connectivity index (χ0v) is 33.2. The fourth-order valence-electron chi connectivity index (χ4n) is 13.0. The largest absolute Gasteiger partial charge is 0.481 e. The molecule has 0 spiro atoms. The summed E-state index contributed by atoms with van der Waals surface area (Å²) >= 11 is 0. The average Bonchev–Trinajstić information content (AvgIpc) is 3.39. The summed E-state index contributed by atoms with van der Waals surface area (Å²) in [5.41, 5.74) is 0.268. The number of allylic oxidation sites excluding steroid dienone is 1. The van der Waals surface area contributed by atoms with E-state index in [0.717, 1.165) is 67.0 Å². The summed E-state index contributed by atoms with van der Waals surface area (Å²) in [6.45, 7) is 19.3. The third-order valence-corrected chi connectivity index (χ3v) is 16.0. The van der Waals surface area contributed by atoms with Crippen LogP contribution in [0.15, 0.2) is 41.6 Å². The number of carbonyl (C=O) groups excluding carboxylic acids is 3. The minimum Gasteiger partial charge on any atom is -0.481 e. The van der Waals surface area contributed by atoms with Gasteiger partial charge in [-0.1, -0.05) is 66.7 Å². The molecule has 1 aromatic carbocycles. The van der Waals surface area contributed by atoms with Crippen molar-refractivity contribution in [2.45, 2.75) is 133 Å². The summed E-state index contributed by atoms with van der Waals surface area (Å²) in [5.74, 6) is -0.300. The van der Waals surface area contributed by atoms with Gasteiger partial charge in [-0.3, -0.25) is 24.5 Å². The Morgan fingerprint density at radius 2 is 1.66 bits per heavy atom. The standard InChI is InChI=1S/C44H59N3O6/c1-25(2)34-29(48)22-44(36(50)47-38-45-24-26-12-10-11-13-28(26)46-38)21-20-42(8)27(35(34)44)14-15-31-41(7)18-17-32(53-33(49)23-39(3,4)37(51)52)40(5,6)30(41)16-19-43(31,42)9/h10-13,24-25,27,30-32H,14-23H2,1-9H3,(H,51,52)(H,45,46,47,50)/t27?,30?,31?,32-,41-,42+,43+,44+/m0/s1. The van der Waals surface area contributed by atoms with Crippen LogP contribution in [0.25, 0.3) is 10.9 Å². The van der Waals surface area contributed by atoms with E-state index in [2.05, 4.69) is 63.8 Å². The second-order valence-electron chi connectivity index (χ2n) is 19.7. The first-order valence-corrected chi connectivity index (χ1v) is 20.0. The van der Waals surface area contributed by atoms with Crippen LogP contribution < -0.4 is 5.32 Å². The molecule has 1 heterocycles. The lowest BCUT2D eigenvalue weighted by Crippen LogP contribution is -2.66. The number of rotatable bonds is 7. The maximum absolute atomic E-state index is 14.6. The number of aliphatic carboxylic acids is 1. The number of amides is 1. The van der Waals surface area contributed by atoms with Crippen molar-refractivity contribution in [2.24, 2.45) is 56.2 Å². The Labute approximate surface area is 314 Å². The van der Waals surface area contributed by atoms with Gasteiger partial charge in [0.05, 0.1) is 22.8 Å². The first-order chi connectivity index (χ1) is 24.7. The number of para-hydroxylation sites is 1. The van der Waals surface area contributed by atoms with Crippen LogP contribution in [0.2, 0.25) is 0 Å². The number of ketones is 1. The lowest BCUT2D eigenvalue weighted by atomic mass is 9.33. The number of anilines is 1. The first kappa shape index (κ1) is 37.7. The summed E-state index contributed by atoms with van der Waals surface area (Å²) in [6.07, 6.45) is 8.70.